The van der Waals surface area contributed by atoms with Gasteiger partial charge in [-0.05, 0) is 51.3 Å². The number of nitrogens with one attached hydrogen (secondary N) is 2. The van der Waals surface area contributed by atoms with Crippen LogP contribution >= 0.6 is 0 Å². The number of aliphatic carboxylic acids is 1. The van der Waals surface area contributed by atoms with E-state index < -0.39 is 27.3 Å². The van der Waals surface area contributed by atoms with E-state index in [1.165, 1.54) is 25.3 Å². The molecule has 1 aliphatic carbocycles. The minimum absolute atomic E-state index is 0.0690. The minimum Gasteiger partial charge on any atom is -0.495 e. The highest BCUT2D eigenvalue weighted by Gasteiger charge is 2.30. The van der Waals surface area contributed by atoms with Crippen LogP contribution in [0.5, 0.6) is 5.75 Å². The summed E-state index contributed by atoms with van der Waals surface area (Å²) < 4.78 is 32.6. The highest BCUT2D eigenvalue weighted by Crippen LogP contribution is 2.28. The third kappa shape index (κ3) is 4.95. The van der Waals surface area contributed by atoms with Gasteiger partial charge >= 0.3 is 5.97 Å². The number of sulfonamides is 1. The van der Waals surface area contributed by atoms with Crippen molar-refractivity contribution in [2.45, 2.75) is 44.0 Å². The lowest BCUT2D eigenvalue weighted by Crippen LogP contribution is -2.32. The van der Waals surface area contributed by atoms with Crippen LogP contribution in [0.4, 0.5) is 0 Å². The smallest absolute Gasteiger partial charge is 0.309 e. The normalized spacial score (nSPS) is 14.7. The van der Waals surface area contributed by atoms with Gasteiger partial charge in [-0.1, -0.05) is 0 Å². The second-order valence-electron chi connectivity index (χ2n) is 6.96. The molecular weight excluding hydrogens is 360 g/mol. The number of ether oxygens (including phenoxy) is 1. The monoisotopic (exact) mass is 384 g/mol. The Morgan fingerprint density at radius 1 is 1.31 bits per heavy atom. The maximum atomic E-state index is 12.5. The van der Waals surface area contributed by atoms with Crippen molar-refractivity contribution in [2.24, 2.45) is 5.41 Å². The Kier molecular flexibility index (Phi) is 5.92. The predicted octanol–water partition coefficient (Wildman–Crippen LogP) is 1.37. The molecule has 0 aliphatic heterocycles. The van der Waals surface area contributed by atoms with Crippen molar-refractivity contribution in [2.75, 3.05) is 13.7 Å². The van der Waals surface area contributed by atoms with Gasteiger partial charge in [0.2, 0.25) is 10.0 Å². The van der Waals surface area contributed by atoms with E-state index in [2.05, 4.69) is 10.0 Å². The fraction of sp³-hybridized carbons (Fsp3) is 0.529. The predicted molar refractivity (Wildman–Crippen MR) is 94.7 cm³/mol. The van der Waals surface area contributed by atoms with E-state index in [0.717, 1.165) is 12.8 Å². The zero-order valence-corrected chi connectivity index (χ0v) is 15.9. The zero-order chi connectivity index (χ0) is 19.5. The molecule has 1 aliphatic rings. The molecule has 144 valence electrons. The van der Waals surface area contributed by atoms with Crippen LogP contribution in [0.3, 0.4) is 0 Å². The number of methoxy groups -OCH3 is 1. The topological polar surface area (TPSA) is 122 Å². The molecule has 1 aromatic rings. The van der Waals surface area contributed by atoms with Crippen molar-refractivity contribution in [3.05, 3.63) is 23.8 Å². The van der Waals surface area contributed by atoms with E-state index >= 15 is 0 Å². The summed E-state index contributed by atoms with van der Waals surface area (Å²) in [6.45, 7) is 3.30. The third-order valence-electron chi connectivity index (χ3n) is 4.23. The number of carbonyl (C=O) groups excluding carboxylic acids is 1. The molecule has 0 spiro atoms. The van der Waals surface area contributed by atoms with Crippen LogP contribution < -0.4 is 14.8 Å². The second-order valence-corrected chi connectivity index (χ2v) is 8.64. The standard InChI is InChI=1S/C17H24N2O6S/c1-17(2,16(21)22)8-9-18-15(20)11-4-7-13(25-3)14(10-11)26(23,24)19-12-5-6-12/h4,7,10,12,19H,5-6,8-9H2,1-3H3,(H,18,20)(H,21,22). The summed E-state index contributed by atoms with van der Waals surface area (Å²) in [6, 6.07) is 4.09. The first-order valence-corrected chi connectivity index (χ1v) is 9.77. The van der Waals surface area contributed by atoms with Gasteiger partial charge in [-0.25, -0.2) is 13.1 Å². The number of benzene rings is 1. The van der Waals surface area contributed by atoms with E-state index in [4.69, 9.17) is 9.84 Å². The summed E-state index contributed by atoms with van der Waals surface area (Å²) in [5.74, 6) is -1.27. The quantitative estimate of drug-likeness (QED) is 0.591. The maximum absolute atomic E-state index is 12.5. The summed E-state index contributed by atoms with van der Waals surface area (Å²) in [4.78, 5) is 23.3. The van der Waals surface area contributed by atoms with Gasteiger partial charge < -0.3 is 15.2 Å². The summed E-state index contributed by atoms with van der Waals surface area (Å²) in [5, 5.41) is 11.7. The SMILES string of the molecule is COc1ccc(C(=O)NCCC(C)(C)C(=O)O)cc1S(=O)(=O)NC1CC1. The molecule has 0 heterocycles. The average molecular weight is 384 g/mol. The Hall–Kier alpha value is -2.13. The van der Waals surface area contributed by atoms with E-state index in [9.17, 15) is 18.0 Å². The van der Waals surface area contributed by atoms with Crippen LogP contribution in [0.2, 0.25) is 0 Å². The van der Waals surface area contributed by atoms with Crippen molar-refractivity contribution in [1.82, 2.24) is 10.0 Å². The Morgan fingerprint density at radius 2 is 1.96 bits per heavy atom. The molecule has 3 N–H and O–H groups in total. The van der Waals surface area contributed by atoms with Crippen LogP contribution in [0.25, 0.3) is 0 Å². The molecule has 0 aromatic heterocycles. The number of rotatable bonds is 9. The molecule has 0 unspecified atom stereocenters. The lowest BCUT2D eigenvalue weighted by molar-refractivity contribution is -0.147. The lowest BCUT2D eigenvalue weighted by atomic mass is 9.90. The highest BCUT2D eigenvalue weighted by molar-refractivity contribution is 7.89. The Bertz CT molecular complexity index is 799. The Balaban J connectivity index is 2.13. The third-order valence-corrected chi connectivity index (χ3v) is 5.77. The van der Waals surface area contributed by atoms with Crippen LogP contribution in [0.15, 0.2) is 23.1 Å². The molecule has 1 aromatic carbocycles. The lowest BCUT2D eigenvalue weighted by Gasteiger charge is -2.19. The molecule has 0 bridgehead atoms. The minimum atomic E-state index is -3.78. The van der Waals surface area contributed by atoms with Crippen molar-refractivity contribution >= 4 is 21.9 Å². The summed E-state index contributed by atoms with van der Waals surface area (Å²) >= 11 is 0. The fourth-order valence-corrected chi connectivity index (χ4v) is 3.71. The number of hydrogen-bond acceptors (Lipinski definition) is 5. The number of amides is 1. The molecule has 0 saturated heterocycles. The van der Waals surface area contributed by atoms with E-state index in [1.807, 2.05) is 0 Å². The first-order valence-electron chi connectivity index (χ1n) is 8.29. The maximum Gasteiger partial charge on any atom is 0.309 e. The fourth-order valence-electron chi connectivity index (χ4n) is 2.21. The van der Waals surface area contributed by atoms with Gasteiger partial charge in [0.25, 0.3) is 5.91 Å². The van der Waals surface area contributed by atoms with Gasteiger partial charge in [0, 0.05) is 18.2 Å². The zero-order valence-electron chi connectivity index (χ0n) is 15.0. The van der Waals surface area contributed by atoms with Crippen molar-refractivity contribution in [3.63, 3.8) is 0 Å². The summed E-state index contributed by atoms with van der Waals surface area (Å²) in [7, 11) is -2.42. The molecule has 9 heteroatoms. The van der Waals surface area contributed by atoms with Crippen molar-refractivity contribution < 1.29 is 27.9 Å². The van der Waals surface area contributed by atoms with Gasteiger partial charge in [-0.2, -0.15) is 0 Å². The second kappa shape index (κ2) is 7.63. The van der Waals surface area contributed by atoms with Crippen LogP contribution in [-0.4, -0.2) is 45.1 Å². The van der Waals surface area contributed by atoms with Gasteiger partial charge in [0.15, 0.2) is 0 Å². The van der Waals surface area contributed by atoms with E-state index in [-0.39, 0.29) is 35.2 Å². The average Bonchev–Trinajstić information content (AvgIpc) is 3.37. The molecule has 26 heavy (non-hydrogen) atoms. The molecule has 1 saturated carbocycles. The number of carbonyl (C=O) groups is 2. The molecule has 0 atom stereocenters. The number of carboxylic acid groups (broad SMARTS) is 1. The number of hydrogen-bond donors (Lipinski definition) is 3. The summed E-state index contributed by atoms with van der Waals surface area (Å²) in [5.41, 5.74) is -0.800. The molecule has 0 radical (unpaired) electrons. The van der Waals surface area contributed by atoms with Gasteiger partial charge in [0.1, 0.15) is 10.6 Å². The molecule has 1 amide bonds. The van der Waals surface area contributed by atoms with Crippen LogP contribution in [-0.2, 0) is 14.8 Å². The van der Waals surface area contributed by atoms with Crippen molar-refractivity contribution in [1.29, 1.82) is 0 Å². The first-order chi connectivity index (χ1) is 12.1. The molecular formula is C17H24N2O6S. The van der Waals surface area contributed by atoms with Crippen molar-refractivity contribution in [3.8, 4) is 5.75 Å². The van der Waals surface area contributed by atoms with E-state index in [1.54, 1.807) is 13.8 Å². The van der Waals surface area contributed by atoms with Gasteiger partial charge in [0.05, 0.1) is 12.5 Å². The molecule has 1 fully saturated rings. The number of carboxylic acids is 1. The van der Waals surface area contributed by atoms with Gasteiger partial charge in [-0.3, -0.25) is 9.59 Å². The Labute approximate surface area is 153 Å². The first kappa shape index (κ1) is 20.2. The van der Waals surface area contributed by atoms with E-state index in [0.29, 0.717) is 0 Å². The van der Waals surface area contributed by atoms with Crippen LogP contribution in [0.1, 0.15) is 43.5 Å². The Morgan fingerprint density at radius 3 is 2.50 bits per heavy atom. The van der Waals surface area contributed by atoms with Gasteiger partial charge in [-0.15, -0.1) is 0 Å². The molecule has 8 nitrogen and oxygen atoms in total. The largest absolute Gasteiger partial charge is 0.495 e. The molecule has 2 rings (SSSR count). The highest BCUT2D eigenvalue weighted by atomic mass is 32.2. The van der Waals surface area contributed by atoms with Crippen LogP contribution in [0, 0.1) is 5.41 Å². The summed E-state index contributed by atoms with van der Waals surface area (Å²) in [6.07, 6.45) is 1.83.